The molecule has 0 amide bonds. The van der Waals surface area contributed by atoms with E-state index < -0.39 is 5.97 Å². The minimum absolute atomic E-state index is 0.108. The molecule has 0 saturated carbocycles. The van der Waals surface area contributed by atoms with Gasteiger partial charge in [-0.1, -0.05) is 24.3 Å². The molecule has 0 saturated heterocycles. The van der Waals surface area contributed by atoms with E-state index in [1.54, 1.807) is 25.3 Å². The Kier molecular flexibility index (Phi) is 3.21. The lowest BCUT2D eigenvalue weighted by atomic mass is 10.1. The standard InChI is InChI=1S/C16H13NO3/c1-19-13-8-6-12(7-9-13)15-17-14(16(18)20-15)10-11-4-2-3-5-11/h2-11H,1H3/b14-10+. The van der Waals surface area contributed by atoms with Crippen molar-refractivity contribution in [1.82, 2.24) is 0 Å². The Labute approximate surface area is 116 Å². The van der Waals surface area contributed by atoms with Crippen LogP contribution in [-0.2, 0) is 9.53 Å². The van der Waals surface area contributed by atoms with E-state index in [0.29, 0.717) is 11.6 Å². The lowest BCUT2D eigenvalue weighted by molar-refractivity contribution is -0.130. The Bertz CT molecular complexity index is 639. The van der Waals surface area contributed by atoms with E-state index in [1.165, 1.54) is 0 Å². The van der Waals surface area contributed by atoms with E-state index in [0.717, 1.165) is 11.3 Å². The summed E-state index contributed by atoms with van der Waals surface area (Å²) in [6.07, 6.45) is 9.65. The van der Waals surface area contributed by atoms with Crippen LogP contribution in [0, 0.1) is 5.92 Å². The van der Waals surface area contributed by atoms with Gasteiger partial charge in [0, 0.05) is 11.5 Å². The largest absolute Gasteiger partial charge is 0.497 e. The second-order valence-electron chi connectivity index (χ2n) is 4.43. The van der Waals surface area contributed by atoms with E-state index in [1.807, 2.05) is 36.4 Å². The second kappa shape index (κ2) is 5.17. The molecule has 0 radical (unpaired) electrons. The van der Waals surface area contributed by atoms with Gasteiger partial charge in [-0.05, 0) is 30.3 Å². The van der Waals surface area contributed by atoms with Crippen LogP contribution in [0.4, 0.5) is 0 Å². The van der Waals surface area contributed by atoms with E-state index in [2.05, 4.69) is 4.99 Å². The van der Waals surface area contributed by atoms with Gasteiger partial charge in [0.15, 0.2) is 0 Å². The highest BCUT2D eigenvalue weighted by Gasteiger charge is 2.24. The quantitative estimate of drug-likeness (QED) is 0.624. The van der Waals surface area contributed by atoms with Gasteiger partial charge >= 0.3 is 5.97 Å². The number of hydrogen-bond acceptors (Lipinski definition) is 4. The van der Waals surface area contributed by atoms with Crippen molar-refractivity contribution in [3.05, 3.63) is 65.9 Å². The highest BCUT2D eigenvalue weighted by atomic mass is 16.6. The summed E-state index contributed by atoms with van der Waals surface area (Å²) < 4.78 is 10.3. The predicted molar refractivity (Wildman–Crippen MR) is 75.5 cm³/mol. The molecule has 0 N–H and O–H groups in total. The van der Waals surface area contributed by atoms with Crippen molar-refractivity contribution in [3.63, 3.8) is 0 Å². The van der Waals surface area contributed by atoms with Gasteiger partial charge in [0.25, 0.3) is 0 Å². The fourth-order valence-corrected chi connectivity index (χ4v) is 2.02. The summed E-state index contributed by atoms with van der Waals surface area (Å²) in [5, 5.41) is 0. The molecule has 1 aliphatic carbocycles. The zero-order valence-electron chi connectivity index (χ0n) is 10.9. The first-order chi connectivity index (χ1) is 9.76. The molecular formula is C16H13NO3. The summed E-state index contributed by atoms with van der Waals surface area (Å²) in [5.41, 5.74) is 1.09. The fraction of sp³-hybridized carbons (Fsp3) is 0.125. The molecule has 0 unspecified atom stereocenters. The van der Waals surface area contributed by atoms with Crippen LogP contribution < -0.4 is 4.74 Å². The Balaban J connectivity index is 1.85. The minimum atomic E-state index is -0.412. The first kappa shape index (κ1) is 12.4. The summed E-state index contributed by atoms with van der Waals surface area (Å²) in [6, 6.07) is 7.22. The highest BCUT2D eigenvalue weighted by Crippen LogP contribution is 2.21. The van der Waals surface area contributed by atoms with Gasteiger partial charge in [0.05, 0.1) is 7.11 Å². The molecule has 4 nitrogen and oxygen atoms in total. The van der Waals surface area contributed by atoms with Crippen LogP contribution in [0.5, 0.6) is 5.75 Å². The number of rotatable bonds is 3. The maximum Gasteiger partial charge on any atom is 0.363 e. The lowest BCUT2D eigenvalue weighted by Gasteiger charge is -2.01. The topological polar surface area (TPSA) is 47.9 Å². The molecule has 0 fully saturated rings. The Hall–Kier alpha value is -2.62. The zero-order valence-corrected chi connectivity index (χ0v) is 10.9. The number of esters is 1. The third-order valence-electron chi connectivity index (χ3n) is 3.09. The van der Waals surface area contributed by atoms with Gasteiger partial charge in [-0.25, -0.2) is 9.79 Å². The molecule has 1 aromatic carbocycles. The third kappa shape index (κ3) is 2.40. The van der Waals surface area contributed by atoms with Crippen LogP contribution in [0.1, 0.15) is 5.56 Å². The zero-order chi connectivity index (χ0) is 13.9. The number of allylic oxidation sites excluding steroid dienone is 5. The molecule has 1 aromatic rings. The lowest BCUT2D eigenvalue weighted by Crippen LogP contribution is -2.05. The molecule has 3 rings (SSSR count). The molecule has 20 heavy (non-hydrogen) atoms. The molecular weight excluding hydrogens is 254 g/mol. The number of ether oxygens (including phenoxy) is 2. The van der Waals surface area contributed by atoms with Crippen molar-refractivity contribution in [2.45, 2.75) is 0 Å². The van der Waals surface area contributed by atoms with E-state index in [-0.39, 0.29) is 5.92 Å². The first-order valence-corrected chi connectivity index (χ1v) is 6.28. The van der Waals surface area contributed by atoms with Crippen LogP contribution in [0.15, 0.2) is 65.3 Å². The van der Waals surface area contributed by atoms with Crippen molar-refractivity contribution in [3.8, 4) is 5.75 Å². The van der Waals surface area contributed by atoms with E-state index in [9.17, 15) is 4.79 Å². The summed E-state index contributed by atoms with van der Waals surface area (Å²) in [4.78, 5) is 16.0. The van der Waals surface area contributed by atoms with Crippen molar-refractivity contribution >= 4 is 11.9 Å². The van der Waals surface area contributed by atoms with Gasteiger partial charge in [-0.3, -0.25) is 0 Å². The van der Waals surface area contributed by atoms with Gasteiger partial charge in [-0.15, -0.1) is 0 Å². The Morgan fingerprint density at radius 3 is 2.55 bits per heavy atom. The monoisotopic (exact) mass is 267 g/mol. The van der Waals surface area contributed by atoms with Crippen molar-refractivity contribution in [1.29, 1.82) is 0 Å². The molecule has 0 aromatic heterocycles. The summed E-state index contributed by atoms with van der Waals surface area (Å²) >= 11 is 0. The minimum Gasteiger partial charge on any atom is -0.497 e. The third-order valence-corrected chi connectivity index (χ3v) is 3.09. The van der Waals surface area contributed by atoms with E-state index in [4.69, 9.17) is 9.47 Å². The molecule has 1 heterocycles. The average molecular weight is 267 g/mol. The SMILES string of the molecule is COc1ccc(C2=N/C(=C/C3C=CC=C3)C(=O)O2)cc1. The molecule has 1 aliphatic heterocycles. The molecule has 2 aliphatic rings. The summed E-state index contributed by atoms with van der Waals surface area (Å²) in [5.74, 6) is 0.770. The number of benzene rings is 1. The van der Waals surface area contributed by atoms with Crippen molar-refractivity contribution in [2.24, 2.45) is 10.9 Å². The normalized spacial score (nSPS) is 19.6. The number of methoxy groups -OCH3 is 1. The summed E-state index contributed by atoms with van der Waals surface area (Å²) in [7, 11) is 1.60. The van der Waals surface area contributed by atoms with Gasteiger partial charge < -0.3 is 9.47 Å². The van der Waals surface area contributed by atoms with Gasteiger partial charge in [0.1, 0.15) is 11.4 Å². The van der Waals surface area contributed by atoms with Crippen LogP contribution in [0.3, 0.4) is 0 Å². The maximum atomic E-state index is 11.8. The van der Waals surface area contributed by atoms with Gasteiger partial charge in [0.2, 0.25) is 5.90 Å². The van der Waals surface area contributed by atoms with Crippen molar-refractivity contribution < 1.29 is 14.3 Å². The van der Waals surface area contributed by atoms with Gasteiger partial charge in [-0.2, -0.15) is 0 Å². The molecule has 0 spiro atoms. The average Bonchev–Trinajstić information content (AvgIpc) is 3.10. The fourth-order valence-electron chi connectivity index (χ4n) is 2.02. The molecule has 4 heteroatoms. The Morgan fingerprint density at radius 2 is 1.90 bits per heavy atom. The van der Waals surface area contributed by atoms with Crippen LogP contribution >= 0.6 is 0 Å². The molecule has 0 atom stereocenters. The van der Waals surface area contributed by atoms with Crippen LogP contribution in [-0.4, -0.2) is 19.0 Å². The number of cyclic esters (lactones) is 1. The number of carbonyl (C=O) groups excluding carboxylic acids is 1. The highest BCUT2D eigenvalue weighted by molar-refractivity contribution is 6.11. The smallest absolute Gasteiger partial charge is 0.363 e. The van der Waals surface area contributed by atoms with Crippen molar-refractivity contribution in [2.75, 3.05) is 7.11 Å². The Morgan fingerprint density at radius 1 is 1.20 bits per heavy atom. The van der Waals surface area contributed by atoms with E-state index >= 15 is 0 Å². The number of nitrogens with zero attached hydrogens (tertiary/aromatic N) is 1. The first-order valence-electron chi connectivity index (χ1n) is 6.28. The predicted octanol–water partition coefficient (Wildman–Crippen LogP) is 2.62. The second-order valence-corrected chi connectivity index (χ2v) is 4.43. The molecule has 100 valence electrons. The number of hydrogen-bond donors (Lipinski definition) is 0. The molecule has 0 bridgehead atoms. The number of carbonyl (C=O) groups is 1. The number of aliphatic imine (C=N–C) groups is 1. The van der Waals surface area contributed by atoms with Crippen LogP contribution in [0.2, 0.25) is 0 Å². The maximum absolute atomic E-state index is 11.8. The van der Waals surface area contributed by atoms with Crippen LogP contribution in [0.25, 0.3) is 0 Å². The summed E-state index contributed by atoms with van der Waals surface area (Å²) in [6.45, 7) is 0.